The van der Waals surface area contributed by atoms with Gasteiger partial charge in [-0.3, -0.25) is 9.59 Å². The van der Waals surface area contributed by atoms with Crippen LogP contribution in [0.5, 0.6) is 0 Å². The fourth-order valence-electron chi connectivity index (χ4n) is 5.75. The van der Waals surface area contributed by atoms with Crippen LogP contribution in [0.3, 0.4) is 0 Å². The zero-order valence-electron chi connectivity index (χ0n) is 26.6. The summed E-state index contributed by atoms with van der Waals surface area (Å²) in [5.41, 5.74) is 6.01. The van der Waals surface area contributed by atoms with Crippen LogP contribution in [0, 0.1) is 13.8 Å². The molecular formula is C36H43N5O3. The van der Waals surface area contributed by atoms with Gasteiger partial charge in [0.05, 0.1) is 16.9 Å². The predicted octanol–water partition coefficient (Wildman–Crippen LogP) is 6.20. The lowest BCUT2D eigenvalue weighted by atomic mass is 9.92. The molecule has 0 radical (unpaired) electrons. The molecule has 3 aromatic carbocycles. The van der Waals surface area contributed by atoms with E-state index in [0.29, 0.717) is 17.0 Å². The summed E-state index contributed by atoms with van der Waals surface area (Å²) in [4.78, 5) is 33.6. The summed E-state index contributed by atoms with van der Waals surface area (Å²) >= 11 is 0. The van der Waals surface area contributed by atoms with Gasteiger partial charge in [-0.2, -0.15) is 0 Å². The third kappa shape index (κ3) is 7.14. The van der Waals surface area contributed by atoms with Crippen LogP contribution in [0.2, 0.25) is 0 Å². The van der Waals surface area contributed by atoms with Crippen LogP contribution in [0.4, 0.5) is 17.1 Å². The molecule has 4 aromatic rings. The van der Waals surface area contributed by atoms with E-state index in [9.17, 15) is 9.59 Å². The first-order valence-corrected chi connectivity index (χ1v) is 15.1. The summed E-state index contributed by atoms with van der Waals surface area (Å²) in [6.07, 6.45) is 0. The second kappa shape index (κ2) is 13.0. The van der Waals surface area contributed by atoms with Crippen molar-refractivity contribution in [2.24, 2.45) is 0 Å². The fourth-order valence-corrected chi connectivity index (χ4v) is 5.75. The average molecular weight is 594 g/mol. The van der Waals surface area contributed by atoms with E-state index in [1.165, 1.54) is 16.8 Å². The standard InChI is InChI=1S/C36H43N5O3/c1-25-10-7-8-13-31(25)40-18-20-41(21-19-40)32-16-15-28(23-30(32)37-35(43)33-17-14-26(2)44-33)34(42)38-36(3,4)29-12-9-11-27(22-29)24-39(5)6/h7-17,22-23H,18-21,24H2,1-6H3,(H,37,43)(H,38,42). The van der Waals surface area contributed by atoms with E-state index in [-0.39, 0.29) is 17.6 Å². The Labute approximate surface area is 260 Å². The first kappa shape index (κ1) is 30.9. The summed E-state index contributed by atoms with van der Waals surface area (Å²) < 4.78 is 5.59. The van der Waals surface area contributed by atoms with Gasteiger partial charge in [0.2, 0.25) is 0 Å². The molecule has 0 bridgehead atoms. The summed E-state index contributed by atoms with van der Waals surface area (Å²) in [6.45, 7) is 12.0. The zero-order chi connectivity index (χ0) is 31.4. The number of rotatable bonds is 9. The number of nitrogens with one attached hydrogen (secondary N) is 2. The van der Waals surface area contributed by atoms with E-state index in [0.717, 1.165) is 44.0 Å². The van der Waals surface area contributed by atoms with Gasteiger partial charge in [0.15, 0.2) is 5.76 Å². The largest absolute Gasteiger partial charge is 0.456 e. The highest BCUT2D eigenvalue weighted by Gasteiger charge is 2.26. The van der Waals surface area contributed by atoms with Gasteiger partial charge in [-0.1, -0.05) is 42.5 Å². The number of hydrogen-bond donors (Lipinski definition) is 2. The minimum absolute atomic E-state index is 0.215. The van der Waals surface area contributed by atoms with Crippen molar-refractivity contribution in [1.29, 1.82) is 0 Å². The number of para-hydroxylation sites is 1. The van der Waals surface area contributed by atoms with E-state index >= 15 is 0 Å². The number of nitrogens with zero attached hydrogens (tertiary/aromatic N) is 3. The lowest BCUT2D eigenvalue weighted by molar-refractivity contribution is 0.0910. The van der Waals surface area contributed by atoms with Crippen LogP contribution in [0.25, 0.3) is 0 Å². The number of anilines is 3. The Bertz CT molecular complexity index is 1630. The maximum absolute atomic E-state index is 13.7. The number of hydrogen-bond acceptors (Lipinski definition) is 6. The SMILES string of the molecule is Cc1ccc(C(=O)Nc2cc(C(=O)NC(C)(C)c3cccc(CN(C)C)c3)ccc2N2CCN(c3ccccc3C)CC2)o1. The number of carbonyl (C=O) groups excluding carboxylic acids is 2. The summed E-state index contributed by atoms with van der Waals surface area (Å²) in [6, 6.07) is 25.7. The van der Waals surface area contributed by atoms with Gasteiger partial charge >= 0.3 is 0 Å². The van der Waals surface area contributed by atoms with Crippen molar-refractivity contribution in [3.63, 3.8) is 0 Å². The first-order valence-electron chi connectivity index (χ1n) is 15.1. The molecule has 44 heavy (non-hydrogen) atoms. The number of aryl methyl sites for hydroxylation is 2. The maximum Gasteiger partial charge on any atom is 0.291 e. The molecule has 230 valence electrons. The van der Waals surface area contributed by atoms with E-state index in [4.69, 9.17) is 4.42 Å². The van der Waals surface area contributed by atoms with Crippen molar-refractivity contribution in [2.75, 3.05) is 55.4 Å². The Morgan fingerprint density at radius 3 is 2.18 bits per heavy atom. The second-order valence-electron chi connectivity index (χ2n) is 12.4. The van der Waals surface area contributed by atoms with Crippen molar-refractivity contribution in [1.82, 2.24) is 10.2 Å². The molecule has 5 rings (SSSR count). The monoisotopic (exact) mass is 593 g/mol. The Balaban J connectivity index is 1.38. The molecule has 0 spiro atoms. The van der Waals surface area contributed by atoms with Gasteiger partial charge in [0.25, 0.3) is 11.8 Å². The molecule has 8 nitrogen and oxygen atoms in total. The lowest BCUT2D eigenvalue weighted by Gasteiger charge is -2.38. The van der Waals surface area contributed by atoms with Gasteiger partial charge in [0, 0.05) is 44.0 Å². The third-order valence-corrected chi connectivity index (χ3v) is 8.12. The van der Waals surface area contributed by atoms with Crippen molar-refractivity contribution < 1.29 is 14.0 Å². The number of furan rings is 1. The molecule has 2 N–H and O–H groups in total. The highest BCUT2D eigenvalue weighted by atomic mass is 16.3. The molecule has 2 amide bonds. The van der Waals surface area contributed by atoms with Crippen LogP contribution in [0.1, 0.15) is 57.2 Å². The minimum atomic E-state index is -0.612. The molecule has 0 atom stereocenters. The van der Waals surface area contributed by atoms with Crippen molar-refractivity contribution in [3.05, 3.63) is 113 Å². The molecule has 1 saturated heterocycles. The fraction of sp³-hybridized carbons (Fsp3) is 0.333. The van der Waals surface area contributed by atoms with Crippen molar-refractivity contribution in [3.8, 4) is 0 Å². The highest BCUT2D eigenvalue weighted by Crippen LogP contribution is 2.31. The van der Waals surface area contributed by atoms with E-state index in [1.807, 2.05) is 52.2 Å². The summed E-state index contributed by atoms with van der Waals surface area (Å²) in [7, 11) is 4.08. The quantitative estimate of drug-likeness (QED) is 0.241. The summed E-state index contributed by atoms with van der Waals surface area (Å²) in [5, 5.41) is 6.24. The van der Waals surface area contributed by atoms with Crippen LogP contribution < -0.4 is 20.4 Å². The molecule has 1 fully saturated rings. The second-order valence-corrected chi connectivity index (χ2v) is 12.4. The lowest BCUT2D eigenvalue weighted by Crippen LogP contribution is -2.47. The number of piperazine rings is 1. The van der Waals surface area contributed by atoms with Crippen LogP contribution in [-0.4, -0.2) is 57.0 Å². The predicted molar refractivity (Wildman–Crippen MR) is 178 cm³/mol. The smallest absolute Gasteiger partial charge is 0.291 e. The van der Waals surface area contributed by atoms with Gasteiger partial charge in [-0.05, 0) is 94.9 Å². The molecule has 0 aliphatic carbocycles. The molecule has 8 heteroatoms. The average Bonchev–Trinajstić information content (AvgIpc) is 3.43. The van der Waals surface area contributed by atoms with Crippen LogP contribution >= 0.6 is 0 Å². The van der Waals surface area contributed by atoms with Crippen LogP contribution in [0.15, 0.2) is 83.3 Å². The van der Waals surface area contributed by atoms with E-state index in [1.54, 1.807) is 25.1 Å². The Morgan fingerprint density at radius 2 is 1.52 bits per heavy atom. The Hall–Kier alpha value is -4.56. The van der Waals surface area contributed by atoms with Gasteiger partial charge in [-0.15, -0.1) is 0 Å². The Kier molecular flexibility index (Phi) is 9.11. The van der Waals surface area contributed by atoms with Gasteiger partial charge in [0.1, 0.15) is 5.76 Å². The minimum Gasteiger partial charge on any atom is -0.456 e. The van der Waals surface area contributed by atoms with Gasteiger partial charge < -0.3 is 29.8 Å². The number of carbonyl (C=O) groups is 2. The van der Waals surface area contributed by atoms with Gasteiger partial charge in [-0.25, -0.2) is 0 Å². The molecule has 0 unspecified atom stereocenters. The number of benzene rings is 3. The summed E-state index contributed by atoms with van der Waals surface area (Å²) in [5.74, 6) is 0.320. The van der Waals surface area contributed by atoms with E-state index < -0.39 is 5.54 Å². The molecule has 2 heterocycles. The highest BCUT2D eigenvalue weighted by molar-refractivity contribution is 6.05. The molecule has 1 aliphatic heterocycles. The molecule has 0 saturated carbocycles. The van der Waals surface area contributed by atoms with Crippen molar-refractivity contribution in [2.45, 2.75) is 39.8 Å². The molecule has 1 aromatic heterocycles. The topological polar surface area (TPSA) is 81.1 Å². The maximum atomic E-state index is 13.7. The molecular weight excluding hydrogens is 550 g/mol. The number of amides is 2. The third-order valence-electron chi connectivity index (χ3n) is 8.12. The van der Waals surface area contributed by atoms with Crippen molar-refractivity contribution >= 4 is 28.9 Å². The first-order chi connectivity index (χ1) is 21.0. The van der Waals surface area contributed by atoms with Crippen LogP contribution in [-0.2, 0) is 12.1 Å². The molecule has 1 aliphatic rings. The Morgan fingerprint density at radius 1 is 0.818 bits per heavy atom. The normalized spacial score (nSPS) is 13.7. The zero-order valence-corrected chi connectivity index (χ0v) is 26.6. The van der Waals surface area contributed by atoms with E-state index in [2.05, 4.69) is 68.7 Å².